The number of nitrogens with one attached hydrogen (secondary N) is 1. The summed E-state index contributed by atoms with van der Waals surface area (Å²) in [5.41, 5.74) is 1.19. The van der Waals surface area contributed by atoms with E-state index in [1.807, 2.05) is 18.2 Å². The lowest BCUT2D eigenvalue weighted by Gasteiger charge is -2.28. The number of morpholine rings is 1. The van der Waals surface area contributed by atoms with Crippen molar-refractivity contribution in [2.24, 2.45) is 0 Å². The van der Waals surface area contributed by atoms with Crippen LogP contribution < -0.4 is 14.8 Å². The van der Waals surface area contributed by atoms with Crippen LogP contribution in [0.3, 0.4) is 0 Å². The lowest BCUT2D eigenvalue weighted by atomic mass is 10.1. The second-order valence-corrected chi connectivity index (χ2v) is 7.47. The van der Waals surface area contributed by atoms with E-state index in [2.05, 4.69) is 31.0 Å². The van der Waals surface area contributed by atoms with E-state index >= 15 is 0 Å². The fourth-order valence-electron chi connectivity index (χ4n) is 2.63. The first-order valence-electron chi connectivity index (χ1n) is 8.90. The molecule has 1 aliphatic rings. The monoisotopic (exact) mass is 352 g/mol. The predicted octanol–water partition coefficient (Wildman–Crippen LogP) is 1.66. The molecule has 2 N–H and O–H groups in total. The van der Waals surface area contributed by atoms with Gasteiger partial charge in [-0.05, 0) is 38.5 Å². The van der Waals surface area contributed by atoms with Gasteiger partial charge in [-0.3, -0.25) is 4.90 Å². The summed E-state index contributed by atoms with van der Waals surface area (Å²) < 4.78 is 16.5. The Morgan fingerprint density at radius 2 is 1.96 bits per heavy atom. The average molecular weight is 352 g/mol. The Balaban J connectivity index is 1.85. The van der Waals surface area contributed by atoms with Crippen molar-refractivity contribution in [1.82, 2.24) is 10.2 Å². The quantitative estimate of drug-likeness (QED) is 0.742. The molecular weight excluding hydrogens is 320 g/mol. The molecule has 0 radical (unpaired) electrons. The van der Waals surface area contributed by atoms with E-state index in [-0.39, 0.29) is 12.1 Å². The molecule has 6 heteroatoms. The minimum atomic E-state index is -0.537. The largest absolute Gasteiger partial charge is 0.493 e. The number of methoxy groups -OCH3 is 1. The smallest absolute Gasteiger partial charge is 0.161 e. The summed E-state index contributed by atoms with van der Waals surface area (Å²) >= 11 is 0. The molecule has 142 valence electrons. The van der Waals surface area contributed by atoms with E-state index in [4.69, 9.17) is 14.2 Å². The number of β-amino-alcohol motifs (C(OH)–C–C–N with tert-alkyl or cyclic N) is 1. The van der Waals surface area contributed by atoms with E-state index in [0.717, 1.165) is 38.4 Å². The highest BCUT2D eigenvalue weighted by Crippen LogP contribution is 2.28. The van der Waals surface area contributed by atoms with Gasteiger partial charge < -0.3 is 24.6 Å². The van der Waals surface area contributed by atoms with Crippen molar-refractivity contribution in [3.63, 3.8) is 0 Å². The van der Waals surface area contributed by atoms with Gasteiger partial charge in [0.15, 0.2) is 11.5 Å². The number of hydrogen-bond donors (Lipinski definition) is 2. The lowest BCUT2D eigenvalue weighted by molar-refractivity contribution is 0.00445. The van der Waals surface area contributed by atoms with Gasteiger partial charge >= 0.3 is 0 Å². The maximum absolute atomic E-state index is 10.2. The van der Waals surface area contributed by atoms with Crippen molar-refractivity contribution in [3.8, 4) is 11.5 Å². The van der Waals surface area contributed by atoms with Crippen LogP contribution in [0.4, 0.5) is 0 Å². The van der Waals surface area contributed by atoms with Gasteiger partial charge in [0, 0.05) is 31.7 Å². The van der Waals surface area contributed by atoms with Crippen molar-refractivity contribution in [2.45, 2.75) is 39.0 Å². The summed E-state index contributed by atoms with van der Waals surface area (Å²) in [7, 11) is 1.63. The fourth-order valence-corrected chi connectivity index (χ4v) is 2.63. The highest BCUT2D eigenvalue weighted by Gasteiger charge is 2.16. The summed E-state index contributed by atoms with van der Waals surface area (Å²) in [6, 6.07) is 5.90. The second-order valence-electron chi connectivity index (χ2n) is 7.47. The first kappa shape index (κ1) is 20.0. The molecule has 1 aliphatic heterocycles. The fraction of sp³-hybridized carbons (Fsp3) is 0.684. The van der Waals surface area contributed by atoms with Gasteiger partial charge in [0.05, 0.1) is 20.3 Å². The molecule has 1 fully saturated rings. The first-order chi connectivity index (χ1) is 11.9. The Bertz CT molecular complexity index is 525. The zero-order valence-corrected chi connectivity index (χ0v) is 15.9. The molecule has 0 amide bonds. The number of benzene rings is 1. The Labute approximate surface area is 151 Å². The van der Waals surface area contributed by atoms with Crippen LogP contribution in [0.15, 0.2) is 18.2 Å². The van der Waals surface area contributed by atoms with Crippen LogP contribution in [-0.4, -0.2) is 68.2 Å². The zero-order chi connectivity index (χ0) is 18.3. The van der Waals surface area contributed by atoms with E-state index in [9.17, 15) is 5.11 Å². The van der Waals surface area contributed by atoms with Gasteiger partial charge in [-0.25, -0.2) is 0 Å². The third-order valence-corrected chi connectivity index (χ3v) is 4.05. The third-order valence-electron chi connectivity index (χ3n) is 4.05. The summed E-state index contributed by atoms with van der Waals surface area (Å²) in [5, 5.41) is 13.6. The maximum atomic E-state index is 10.2. The molecule has 1 aromatic rings. The van der Waals surface area contributed by atoms with Crippen molar-refractivity contribution in [3.05, 3.63) is 23.8 Å². The molecule has 1 unspecified atom stereocenters. The van der Waals surface area contributed by atoms with Crippen LogP contribution in [0.5, 0.6) is 11.5 Å². The number of hydrogen-bond acceptors (Lipinski definition) is 6. The van der Waals surface area contributed by atoms with Crippen LogP contribution in [0.1, 0.15) is 26.3 Å². The molecule has 0 aliphatic carbocycles. The minimum absolute atomic E-state index is 0.0615. The molecule has 25 heavy (non-hydrogen) atoms. The minimum Gasteiger partial charge on any atom is -0.493 e. The topological polar surface area (TPSA) is 63.2 Å². The molecule has 0 saturated carbocycles. The average Bonchev–Trinajstić information content (AvgIpc) is 2.58. The molecule has 1 atom stereocenters. The molecule has 1 heterocycles. The summed E-state index contributed by atoms with van der Waals surface area (Å²) in [5.74, 6) is 1.34. The van der Waals surface area contributed by atoms with Gasteiger partial charge in [-0.15, -0.1) is 0 Å². The molecular formula is C19H32N2O4. The summed E-state index contributed by atoms with van der Waals surface area (Å²) in [6.45, 7) is 11.2. The standard InChI is InChI=1S/C19H32N2O4/c1-19(2,3)20-12-15-5-6-17(18(11-15)23-4)25-14-16(22)13-21-7-9-24-10-8-21/h5-6,11,16,20,22H,7-10,12-14H2,1-4H3. The SMILES string of the molecule is COc1cc(CNC(C)(C)C)ccc1OCC(O)CN1CCOCC1. The van der Waals surface area contributed by atoms with Crippen LogP contribution in [0.2, 0.25) is 0 Å². The molecule has 0 aromatic heterocycles. The van der Waals surface area contributed by atoms with Gasteiger partial charge in [0.25, 0.3) is 0 Å². The van der Waals surface area contributed by atoms with E-state index in [1.165, 1.54) is 0 Å². The second kappa shape index (κ2) is 9.38. The van der Waals surface area contributed by atoms with Crippen molar-refractivity contribution in [1.29, 1.82) is 0 Å². The predicted molar refractivity (Wildman–Crippen MR) is 98.3 cm³/mol. The lowest BCUT2D eigenvalue weighted by Crippen LogP contribution is -2.42. The van der Waals surface area contributed by atoms with Gasteiger partial charge in [0.1, 0.15) is 12.7 Å². The normalized spacial score (nSPS) is 17.3. The Kier molecular flexibility index (Phi) is 7.50. The number of aliphatic hydroxyl groups excluding tert-OH is 1. The summed E-state index contributed by atoms with van der Waals surface area (Å²) in [4.78, 5) is 2.19. The molecule has 0 spiro atoms. The number of rotatable bonds is 8. The van der Waals surface area contributed by atoms with Gasteiger partial charge in [0.2, 0.25) is 0 Å². The van der Waals surface area contributed by atoms with E-state index in [0.29, 0.717) is 18.0 Å². The van der Waals surface area contributed by atoms with Crippen molar-refractivity contribution >= 4 is 0 Å². The number of ether oxygens (including phenoxy) is 3. The van der Waals surface area contributed by atoms with Crippen molar-refractivity contribution < 1.29 is 19.3 Å². The Morgan fingerprint density at radius 1 is 1.24 bits per heavy atom. The van der Waals surface area contributed by atoms with Crippen LogP contribution in [0.25, 0.3) is 0 Å². The number of aliphatic hydroxyl groups is 1. The molecule has 0 bridgehead atoms. The molecule has 1 saturated heterocycles. The van der Waals surface area contributed by atoms with Crippen LogP contribution in [-0.2, 0) is 11.3 Å². The maximum Gasteiger partial charge on any atom is 0.161 e. The highest BCUT2D eigenvalue weighted by atomic mass is 16.5. The van der Waals surface area contributed by atoms with Crippen LogP contribution in [0, 0.1) is 0 Å². The Hall–Kier alpha value is -1.34. The molecule has 2 rings (SSSR count). The summed E-state index contributed by atoms with van der Waals surface area (Å²) in [6.07, 6.45) is -0.537. The van der Waals surface area contributed by atoms with E-state index < -0.39 is 6.10 Å². The highest BCUT2D eigenvalue weighted by molar-refractivity contribution is 5.43. The Morgan fingerprint density at radius 3 is 2.60 bits per heavy atom. The zero-order valence-electron chi connectivity index (χ0n) is 15.9. The molecule has 1 aromatic carbocycles. The van der Waals surface area contributed by atoms with E-state index in [1.54, 1.807) is 7.11 Å². The third kappa shape index (κ3) is 7.20. The number of nitrogens with zero attached hydrogens (tertiary/aromatic N) is 1. The van der Waals surface area contributed by atoms with Crippen LogP contribution >= 0.6 is 0 Å². The van der Waals surface area contributed by atoms with Crippen molar-refractivity contribution in [2.75, 3.05) is 46.6 Å². The van der Waals surface area contributed by atoms with Gasteiger partial charge in [-0.1, -0.05) is 6.07 Å². The first-order valence-corrected chi connectivity index (χ1v) is 8.90. The van der Waals surface area contributed by atoms with Gasteiger partial charge in [-0.2, -0.15) is 0 Å². The molecule has 6 nitrogen and oxygen atoms in total.